The quantitative estimate of drug-likeness (QED) is 0.213. The third-order valence-corrected chi connectivity index (χ3v) is 1.34. The van der Waals surface area contributed by atoms with Gasteiger partial charge in [0.15, 0.2) is 0 Å². The maximum atomic E-state index is 10.8. The third-order valence-electron chi connectivity index (χ3n) is 1.34. The molecule has 0 N–H and O–H groups in total. The Kier molecular flexibility index (Phi) is 5.52. The third kappa shape index (κ3) is 3.49. The van der Waals surface area contributed by atoms with Crippen LogP contribution < -0.4 is 51.4 Å². The second-order valence-corrected chi connectivity index (χ2v) is 2.87. The molecule has 0 aromatic carbocycles. The molecule has 0 atom stereocenters. The average molecular weight is 194 g/mol. The van der Waals surface area contributed by atoms with E-state index in [1.54, 1.807) is 6.08 Å². The molecule has 1 aliphatic rings. The molecule has 4 heteroatoms. The van der Waals surface area contributed by atoms with E-state index in [2.05, 4.69) is 4.74 Å². The number of hydrogen-bond acceptors (Lipinski definition) is 3. The van der Waals surface area contributed by atoms with Crippen molar-refractivity contribution in [3.8, 4) is 0 Å². The summed E-state index contributed by atoms with van der Waals surface area (Å²) < 4.78 is 4.33. The second kappa shape index (κ2) is 5.29. The first-order chi connectivity index (χ1) is 5.09. The summed E-state index contributed by atoms with van der Waals surface area (Å²) in [4.78, 5) is 21.4. The van der Waals surface area contributed by atoms with Gasteiger partial charge >= 0.3 is 63.3 Å². The van der Waals surface area contributed by atoms with Gasteiger partial charge in [0.1, 0.15) is 0 Å². The van der Waals surface area contributed by atoms with E-state index in [1.165, 1.54) is 0 Å². The summed E-state index contributed by atoms with van der Waals surface area (Å²) in [6.45, 7) is 3.89. The molecule has 1 aliphatic heterocycles. The van der Waals surface area contributed by atoms with Gasteiger partial charge in [0.05, 0.1) is 6.42 Å². The van der Waals surface area contributed by atoms with Crippen LogP contribution in [0.15, 0.2) is 11.6 Å². The molecule has 1 rings (SSSR count). The van der Waals surface area contributed by atoms with Crippen LogP contribution in [0.1, 0.15) is 21.7 Å². The normalized spacial score (nSPS) is 19.8. The zero-order valence-electron chi connectivity index (χ0n) is 8.59. The first kappa shape index (κ1) is 12.5. The fourth-order valence-electron chi connectivity index (χ4n) is 0.962. The van der Waals surface area contributed by atoms with Gasteiger partial charge in [0.25, 0.3) is 0 Å². The maximum absolute atomic E-state index is 10.8. The molecule has 1 saturated heterocycles. The van der Waals surface area contributed by atoms with Crippen molar-refractivity contribution in [1.29, 1.82) is 0 Å². The summed E-state index contributed by atoms with van der Waals surface area (Å²) in [5.41, 5.74) is 0.491. The van der Waals surface area contributed by atoms with Crippen LogP contribution in [-0.2, 0) is 14.3 Å². The predicted molar refractivity (Wildman–Crippen MR) is 39.7 cm³/mol. The SMILES string of the molecule is CC(C)C=C1CC(=O)OC1=O.[H-].[K+]. The zero-order valence-corrected chi connectivity index (χ0v) is 10.7. The number of ether oxygens (including phenoxy) is 1. The summed E-state index contributed by atoms with van der Waals surface area (Å²) in [5.74, 6) is -0.644. The van der Waals surface area contributed by atoms with Gasteiger partial charge in [0.2, 0.25) is 0 Å². The van der Waals surface area contributed by atoms with Crippen molar-refractivity contribution in [1.82, 2.24) is 0 Å². The molecular formula is C8H11KO3. The summed E-state index contributed by atoms with van der Waals surface area (Å²) in [7, 11) is 0. The molecule has 0 unspecified atom stereocenters. The molecule has 3 nitrogen and oxygen atoms in total. The van der Waals surface area contributed by atoms with Gasteiger partial charge in [-0.15, -0.1) is 0 Å². The zero-order chi connectivity index (χ0) is 8.43. The van der Waals surface area contributed by atoms with E-state index in [0.717, 1.165) is 0 Å². The Morgan fingerprint density at radius 2 is 2.08 bits per heavy atom. The minimum absolute atomic E-state index is 0. The van der Waals surface area contributed by atoms with Gasteiger partial charge < -0.3 is 6.16 Å². The summed E-state index contributed by atoms with van der Waals surface area (Å²) in [5, 5.41) is 0. The van der Waals surface area contributed by atoms with Gasteiger partial charge in [-0.2, -0.15) is 0 Å². The fourth-order valence-corrected chi connectivity index (χ4v) is 0.962. The standard InChI is InChI=1S/C8H10O3.K.H/c1-5(2)3-6-4-7(9)11-8(6)10;;/h3,5H,4H2,1-2H3;;/q;+1;-1. The van der Waals surface area contributed by atoms with E-state index in [9.17, 15) is 9.59 Å². The smallest absolute Gasteiger partial charge is 1.00 e. The van der Waals surface area contributed by atoms with Crippen LogP contribution >= 0.6 is 0 Å². The number of cyclic esters (lactones) is 2. The van der Waals surface area contributed by atoms with E-state index in [-0.39, 0.29) is 65.1 Å². The van der Waals surface area contributed by atoms with Crippen molar-refractivity contribution in [2.24, 2.45) is 5.92 Å². The summed E-state index contributed by atoms with van der Waals surface area (Å²) in [6.07, 6.45) is 1.89. The Morgan fingerprint density at radius 3 is 2.42 bits per heavy atom. The molecule has 0 aliphatic carbocycles. The average Bonchev–Trinajstić information content (AvgIpc) is 2.09. The summed E-state index contributed by atoms with van der Waals surface area (Å²) in [6, 6.07) is 0. The number of carbonyl (C=O) groups is 2. The predicted octanol–water partition coefficient (Wildman–Crippen LogP) is -1.84. The van der Waals surface area contributed by atoms with Crippen LogP contribution in [0.3, 0.4) is 0 Å². The number of esters is 2. The Morgan fingerprint density at radius 1 is 1.50 bits per heavy atom. The number of hydrogen-bond donors (Lipinski definition) is 0. The summed E-state index contributed by atoms with van der Waals surface area (Å²) >= 11 is 0. The second-order valence-electron chi connectivity index (χ2n) is 2.87. The molecule has 0 amide bonds. The minimum Gasteiger partial charge on any atom is -1.00 e. The first-order valence-electron chi connectivity index (χ1n) is 3.55. The van der Waals surface area contributed by atoms with Crippen LogP contribution in [0.4, 0.5) is 0 Å². The van der Waals surface area contributed by atoms with Gasteiger partial charge in [0, 0.05) is 5.57 Å². The number of rotatable bonds is 1. The molecular weight excluding hydrogens is 183 g/mol. The molecule has 1 heterocycles. The first-order valence-corrected chi connectivity index (χ1v) is 3.55. The molecule has 0 saturated carbocycles. The molecule has 0 bridgehead atoms. The Balaban J connectivity index is 0. The van der Waals surface area contributed by atoms with Crippen LogP contribution in [0, 0.1) is 5.92 Å². The Bertz CT molecular complexity index is 236. The van der Waals surface area contributed by atoms with E-state index in [1.807, 2.05) is 13.8 Å². The Hall–Kier alpha value is 0.516. The number of carbonyl (C=O) groups excluding carboxylic acids is 2. The molecule has 62 valence electrons. The van der Waals surface area contributed by atoms with E-state index in [4.69, 9.17) is 0 Å². The van der Waals surface area contributed by atoms with Crippen molar-refractivity contribution in [2.75, 3.05) is 0 Å². The van der Waals surface area contributed by atoms with Crippen molar-refractivity contribution >= 4 is 11.9 Å². The van der Waals surface area contributed by atoms with Crippen molar-refractivity contribution < 1.29 is 67.1 Å². The van der Waals surface area contributed by atoms with Gasteiger partial charge in [-0.3, -0.25) is 4.79 Å². The molecule has 0 aromatic heterocycles. The number of allylic oxidation sites excluding steroid dienone is 1. The molecule has 0 spiro atoms. The Labute approximate surface area is 115 Å². The monoisotopic (exact) mass is 194 g/mol. The van der Waals surface area contributed by atoms with E-state index < -0.39 is 11.9 Å². The van der Waals surface area contributed by atoms with Gasteiger partial charge in [-0.25, -0.2) is 4.79 Å². The van der Waals surface area contributed by atoms with E-state index in [0.29, 0.717) is 5.57 Å². The van der Waals surface area contributed by atoms with Crippen molar-refractivity contribution in [3.63, 3.8) is 0 Å². The van der Waals surface area contributed by atoms with Gasteiger partial charge in [-0.05, 0) is 5.92 Å². The van der Waals surface area contributed by atoms with Gasteiger partial charge in [-0.1, -0.05) is 19.9 Å². The largest absolute Gasteiger partial charge is 1.00 e. The van der Waals surface area contributed by atoms with Crippen LogP contribution in [0.25, 0.3) is 0 Å². The topological polar surface area (TPSA) is 43.4 Å². The molecule has 1 fully saturated rings. The van der Waals surface area contributed by atoms with Crippen LogP contribution in [0.2, 0.25) is 0 Å². The van der Waals surface area contributed by atoms with Crippen LogP contribution in [-0.4, -0.2) is 11.9 Å². The maximum Gasteiger partial charge on any atom is 1.00 e. The molecule has 12 heavy (non-hydrogen) atoms. The van der Waals surface area contributed by atoms with Crippen LogP contribution in [0.5, 0.6) is 0 Å². The minimum atomic E-state index is -0.483. The molecule has 0 radical (unpaired) electrons. The fraction of sp³-hybridized carbons (Fsp3) is 0.500. The van der Waals surface area contributed by atoms with E-state index >= 15 is 0 Å². The van der Waals surface area contributed by atoms with Crippen molar-refractivity contribution in [2.45, 2.75) is 20.3 Å². The van der Waals surface area contributed by atoms with Crippen molar-refractivity contribution in [3.05, 3.63) is 11.6 Å². The molecule has 0 aromatic rings.